The maximum absolute atomic E-state index is 13.8. The highest BCUT2D eigenvalue weighted by Crippen LogP contribution is 2.58. The summed E-state index contributed by atoms with van der Waals surface area (Å²) in [6.07, 6.45) is 5.98. The largest absolute Gasteiger partial charge is 0.274 e. The molecule has 1 aliphatic heterocycles. The van der Waals surface area contributed by atoms with Crippen LogP contribution in [0.15, 0.2) is 101 Å². The summed E-state index contributed by atoms with van der Waals surface area (Å²) in [4.78, 5) is 28.9. The second-order valence-corrected chi connectivity index (χ2v) is 12.9. The number of allylic oxidation sites excluding steroid dienone is 1. The molecular formula is C32H32N2O4S. The first-order valence-electron chi connectivity index (χ1n) is 13.6. The molecule has 2 atom stereocenters. The first-order chi connectivity index (χ1) is 18.8. The average molecular weight is 541 g/mol. The molecule has 0 N–H and O–H groups in total. The molecule has 2 aliphatic carbocycles. The molecule has 6 rings (SSSR count). The van der Waals surface area contributed by atoms with E-state index in [2.05, 4.69) is 6.08 Å². The van der Waals surface area contributed by atoms with Crippen LogP contribution in [0.5, 0.6) is 0 Å². The minimum absolute atomic E-state index is 0.0981. The lowest BCUT2D eigenvalue weighted by Gasteiger charge is -2.48. The van der Waals surface area contributed by atoms with Crippen molar-refractivity contribution in [3.05, 3.63) is 102 Å². The Bertz CT molecular complexity index is 1530. The number of aryl methyl sites for hydroxylation is 1. The van der Waals surface area contributed by atoms with Crippen molar-refractivity contribution in [2.45, 2.75) is 43.9 Å². The van der Waals surface area contributed by atoms with Gasteiger partial charge in [0, 0.05) is 12.0 Å². The van der Waals surface area contributed by atoms with Crippen molar-refractivity contribution >= 4 is 33.2 Å². The van der Waals surface area contributed by atoms with Crippen LogP contribution in [0.1, 0.15) is 37.7 Å². The van der Waals surface area contributed by atoms with Gasteiger partial charge in [-0.05, 0) is 69.0 Å². The van der Waals surface area contributed by atoms with Crippen molar-refractivity contribution in [3.8, 4) is 0 Å². The number of sulfonamides is 1. The Labute approximate surface area is 230 Å². The van der Waals surface area contributed by atoms with Crippen molar-refractivity contribution < 1.29 is 18.0 Å². The van der Waals surface area contributed by atoms with E-state index in [-0.39, 0.29) is 34.6 Å². The zero-order valence-corrected chi connectivity index (χ0v) is 22.8. The number of nitrogens with zero attached hydrogens (tertiary/aromatic N) is 2. The topological polar surface area (TPSA) is 74.8 Å². The van der Waals surface area contributed by atoms with Crippen LogP contribution in [-0.4, -0.2) is 26.8 Å². The van der Waals surface area contributed by atoms with Gasteiger partial charge in [-0.3, -0.25) is 18.8 Å². The summed E-state index contributed by atoms with van der Waals surface area (Å²) in [6.45, 7) is 2.18. The monoisotopic (exact) mass is 540 g/mol. The highest BCUT2D eigenvalue weighted by atomic mass is 32.2. The number of amides is 2. The third kappa shape index (κ3) is 4.39. The predicted molar refractivity (Wildman–Crippen MR) is 152 cm³/mol. The van der Waals surface area contributed by atoms with Gasteiger partial charge in [0.1, 0.15) is 0 Å². The summed E-state index contributed by atoms with van der Waals surface area (Å²) in [5.74, 6) is -0.986. The molecule has 200 valence electrons. The number of rotatable bonds is 7. The van der Waals surface area contributed by atoms with E-state index in [1.54, 1.807) is 36.4 Å². The van der Waals surface area contributed by atoms with Crippen LogP contribution in [0, 0.1) is 24.2 Å². The molecular weight excluding hydrogens is 508 g/mol. The van der Waals surface area contributed by atoms with Crippen LogP contribution in [0.2, 0.25) is 0 Å². The number of fused-ring (bicyclic) bond motifs is 2. The molecule has 3 aromatic carbocycles. The third-order valence-electron chi connectivity index (χ3n) is 8.61. The lowest BCUT2D eigenvalue weighted by molar-refractivity contribution is -0.127. The number of hydrogen-bond donors (Lipinski definition) is 0. The van der Waals surface area contributed by atoms with Gasteiger partial charge in [0.25, 0.3) is 10.0 Å². The fourth-order valence-corrected chi connectivity index (χ4v) is 7.99. The lowest BCUT2D eigenvalue weighted by atomic mass is 9.54. The molecule has 0 unspecified atom stereocenters. The summed E-state index contributed by atoms with van der Waals surface area (Å²) in [6, 6.07) is 25.2. The van der Waals surface area contributed by atoms with E-state index in [9.17, 15) is 18.0 Å². The lowest BCUT2D eigenvalue weighted by Crippen LogP contribution is -2.45. The van der Waals surface area contributed by atoms with Crippen molar-refractivity contribution in [1.29, 1.82) is 0 Å². The van der Waals surface area contributed by atoms with Gasteiger partial charge in [-0.2, -0.15) is 0 Å². The Morgan fingerprint density at radius 2 is 1.51 bits per heavy atom. The van der Waals surface area contributed by atoms with Gasteiger partial charge in [0.15, 0.2) is 0 Å². The number of carbonyl (C=O) groups is 2. The Hall–Kier alpha value is -3.71. The van der Waals surface area contributed by atoms with Crippen LogP contribution in [0.4, 0.5) is 11.4 Å². The Morgan fingerprint density at radius 1 is 0.872 bits per heavy atom. The summed E-state index contributed by atoms with van der Waals surface area (Å²) >= 11 is 0. The minimum atomic E-state index is -3.80. The zero-order valence-electron chi connectivity index (χ0n) is 22.0. The van der Waals surface area contributed by atoms with Gasteiger partial charge in [0.2, 0.25) is 11.8 Å². The molecule has 7 heteroatoms. The SMILES string of the molecule is Cc1ccc(S(=O)(=O)N(CCC2=CC3(CCC3)[C@@H]3C(=O)N(c4ccccc4)C(=O)[C@@H]3C2)c2ccccc2)cc1. The van der Waals surface area contributed by atoms with Crippen molar-refractivity contribution in [3.63, 3.8) is 0 Å². The summed E-state index contributed by atoms with van der Waals surface area (Å²) in [5.41, 5.74) is 2.97. The number of hydrogen-bond acceptors (Lipinski definition) is 4. The van der Waals surface area contributed by atoms with Crippen LogP contribution >= 0.6 is 0 Å². The maximum atomic E-state index is 13.8. The van der Waals surface area contributed by atoms with Crippen LogP contribution < -0.4 is 9.21 Å². The van der Waals surface area contributed by atoms with Gasteiger partial charge in [0.05, 0.1) is 28.1 Å². The fraction of sp³-hybridized carbons (Fsp3) is 0.312. The Balaban J connectivity index is 1.30. The quantitative estimate of drug-likeness (QED) is 0.277. The molecule has 0 bridgehead atoms. The van der Waals surface area contributed by atoms with E-state index >= 15 is 0 Å². The molecule has 2 amide bonds. The van der Waals surface area contributed by atoms with E-state index in [0.29, 0.717) is 24.2 Å². The molecule has 1 saturated heterocycles. The van der Waals surface area contributed by atoms with E-state index in [1.807, 2.05) is 55.5 Å². The highest BCUT2D eigenvalue weighted by Gasteiger charge is 2.60. The average Bonchev–Trinajstić information content (AvgIpc) is 3.18. The maximum Gasteiger partial charge on any atom is 0.264 e. The van der Waals surface area contributed by atoms with Crippen molar-refractivity contribution in [2.24, 2.45) is 17.3 Å². The fourth-order valence-electron chi connectivity index (χ4n) is 6.53. The van der Waals surface area contributed by atoms with Crippen molar-refractivity contribution in [1.82, 2.24) is 0 Å². The molecule has 3 aromatic rings. The van der Waals surface area contributed by atoms with E-state index in [0.717, 1.165) is 30.4 Å². The van der Waals surface area contributed by atoms with Gasteiger partial charge in [-0.25, -0.2) is 8.42 Å². The number of para-hydroxylation sites is 2. The first-order valence-corrected chi connectivity index (χ1v) is 15.0. The van der Waals surface area contributed by atoms with Gasteiger partial charge in [-0.15, -0.1) is 0 Å². The molecule has 0 aromatic heterocycles. The second kappa shape index (κ2) is 9.79. The van der Waals surface area contributed by atoms with Crippen LogP contribution in [0.25, 0.3) is 0 Å². The molecule has 1 spiro atoms. The number of anilines is 2. The molecule has 6 nitrogen and oxygen atoms in total. The Kier molecular flexibility index (Phi) is 6.42. The number of carbonyl (C=O) groups excluding carboxylic acids is 2. The minimum Gasteiger partial charge on any atom is -0.274 e. The first kappa shape index (κ1) is 25.6. The predicted octanol–water partition coefficient (Wildman–Crippen LogP) is 5.89. The standard InChI is InChI=1S/C32H32N2O4S/c1-23-13-15-27(16-14-23)39(37,38)33(25-9-4-2-5-10-25)20-17-24-21-28-29(32(22-24)18-8-19-32)31(36)34(30(28)35)26-11-6-3-7-12-26/h2-7,9-16,22,28-29H,8,17-21H2,1H3/t28-,29+/m1/s1. The molecule has 3 aliphatic rings. The molecule has 39 heavy (non-hydrogen) atoms. The summed E-state index contributed by atoms with van der Waals surface area (Å²) < 4.78 is 29.0. The van der Waals surface area contributed by atoms with Crippen molar-refractivity contribution in [2.75, 3.05) is 15.7 Å². The molecule has 1 heterocycles. The summed E-state index contributed by atoms with van der Waals surface area (Å²) in [7, 11) is -3.80. The third-order valence-corrected chi connectivity index (χ3v) is 10.4. The zero-order chi connectivity index (χ0) is 27.2. The van der Waals surface area contributed by atoms with Crippen LogP contribution in [0.3, 0.4) is 0 Å². The van der Waals surface area contributed by atoms with E-state index < -0.39 is 15.9 Å². The molecule has 2 fully saturated rings. The van der Waals surface area contributed by atoms with Gasteiger partial charge >= 0.3 is 0 Å². The number of imide groups is 1. The summed E-state index contributed by atoms with van der Waals surface area (Å²) in [5, 5.41) is 0. The Morgan fingerprint density at radius 3 is 2.13 bits per heavy atom. The number of benzene rings is 3. The van der Waals surface area contributed by atoms with E-state index in [1.165, 1.54) is 9.21 Å². The van der Waals surface area contributed by atoms with Gasteiger partial charge in [-0.1, -0.05) is 72.2 Å². The highest BCUT2D eigenvalue weighted by molar-refractivity contribution is 7.92. The van der Waals surface area contributed by atoms with E-state index in [4.69, 9.17) is 0 Å². The normalized spacial score (nSPS) is 21.9. The second-order valence-electron chi connectivity index (χ2n) is 11.0. The molecule has 0 radical (unpaired) electrons. The molecule has 1 saturated carbocycles. The van der Waals surface area contributed by atoms with Gasteiger partial charge < -0.3 is 0 Å². The smallest absolute Gasteiger partial charge is 0.264 e. The van der Waals surface area contributed by atoms with Crippen LogP contribution in [-0.2, 0) is 19.6 Å².